The van der Waals surface area contributed by atoms with Crippen molar-refractivity contribution in [1.82, 2.24) is 0 Å². The van der Waals surface area contributed by atoms with Crippen LogP contribution < -0.4 is 10.1 Å². The van der Waals surface area contributed by atoms with Gasteiger partial charge in [0.1, 0.15) is 5.97 Å². The Hall–Kier alpha value is -1.94. The van der Waals surface area contributed by atoms with Crippen LogP contribution in [-0.4, -0.2) is 31.3 Å². The second-order valence-corrected chi connectivity index (χ2v) is 6.40. The highest BCUT2D eigenvalue weighted by atomic mass is 32.2. The van der Waals surface area contributed by atoms with Gasteiger partial charge in [-0.25, -0.2) is 4.99 Å². The minimum absolute atomic E-state index is 0.0635. The summed E-state index contributed by atoms with van der Waals surface area (Å²) in [5, 5.41) is 8.78. The Kier molecular flexibility index (Phi) is 4.68. The lowest BCUT2D eigenvalue weighted by molar-refractivity contribution is -0.344. The predicted octanol–water partition coefficient (Wildman–Crippen LogP) is -0.694. The standard InChI is InChI=1S/C10H11NO3S.C2HF3O2/c1-10(2)6-11-9-4-3-7(5-8(9)10)15(12,13)14;3-2(4,5)1(6)7/h3-6H,1-2H3,(H,12,13,14);(H,6,7). The molecule has 0 unspecified atom stereocenters. The molecule has 0 fully saturated rings. The third-order valence-corrected chi connectivity index (χ3v) is 3.65. The van der Waals surface area contributed by atoms with Crippen LogP contribution in [0.4, 0.5) is 18.9 Å². The maximum atomic E-state index is 11.0. The third-order valence-electron chi connectivity index (χ3n) is 2.80. The number of alkyl halides is 3. The Morgan fingerprint density at radius 1 is 1.32 bits per heavy atom. The number of fused-ring (bicyclic) bond motifs is 1. The average molecular weight is 339 g/mol. The number of hydrogen-bond donors (Lipinski definition) is 2. The molecule has 0 amide bonds. The fourth-order valence-corrected chi connectivity index (χ4v) is 2.19. The zero-order valence-corrected chi connectivity index (χ0v) is 12.2. The van der Waals surface area contributed by atoms with Crippen LogP contribution in [0.2, 0.25) is 0 Å². The molecule has 10 heteroatoms. The summed E-state index contributed by atoms with van der Waals surface area (Å²) < 4.78 is 62.4. The summed E-state index contributed by atoms with van der Waals surface area (Å²) in [6, 6.07) is 4.54. The van der Waals surface area contributed by atoms with Crippen LogP contribution in [0.15, 0.2) is 23.1 Å². The molecule has 0 aromatic heterocycles. The molecule has 1 aliphatic heterocycles. The summed E-state index contributed by atoms with van der Waals surface area (Å²) in [4.78, 5) is 11.8. The summed E-state index contributed by atoms with van der Waals surface area (Å²) in [6.45, 7) is 3.94. The number of carbonyl (C=O) groups is 1. The van der Waals surface area contributed by atoms with Gasteiger partial charge in [-0.1, -0.05) is 0 Å². The number of carboxylic acids is 1. The van der Waals surface area contributed by atoms with E-state index < -0.39 is 22.3 Å². The van der Waals surface area contributed by atoms with Gasteiger partial charge in [-0.05, 0) is 26.0 Å². The summed E-state index contributed by atoms with van der Waals surface area (Å²) in [6.07, 6.45) is -3.30. The fourth-order valence-electron chi connectivity index (χ4n) is 1.68. The minimum atomic E-state index is -5.19. The highest BCUT2D eigenvalue weighted by molar-refractivity contribution is 7.85. The van der Waals surface area contributed by atoms with Crippen molar-refractivity contribution in [1.29, 1.82) is 0 Å². The highest BCUT2D eigenvalue weighted by Crippen LogP contribution is 2.30. The number of nitrogens with one attached hydrogen (secondary N) is 1. The molecule has 1 aromatic carbocycles. The van der Waals surface area contributed by atoms with Gasteiger partial charge in [0.2, 0.25) is 5.69 Å². The molecule has 0 spiro atoms. The van der Waals surface area contributed by atoms with Crippen molar-refractivity contribution < 1.29 is 41.0 Å². The number of halogens is 3. The Morgan fingerprint density at radius 2 is 1.82 bits per heavy atom. The molecule has 0 saturated heterocycles. The molecule has 22 heavy (non-hydrogen) atoms. The normalized spacial score (nSPS) is 15.7. The van der Waals surface area contributed by atoms with Crippen molar-refractivity contribution in [2.75, 3.05) is 0 Å². The van der Waals surface area contributed by atoms with Gasteiger partial charge in [-0.2, -0.15) is 21.6 Å². The quantitative estimate of drug-likeness (QED) is 0.658. The van der Waals surface area contributed by atoms with Crippen LogP contribution in [0, 0.1) is 0 Å². The van der Waals surface area contributed by atoms with E-state index in [0.29, 0.717) is 0 Å². The molecule has 1 aromatic rings. The lowest BCUT2D eigenvalue weighted by Crippen LogP contribution is -2.60. The first-order valence-electron chi connectivity index (χ1n) is 5.76. The van der Waals surface area contributed by atoms with Gasteiger partial charge in [0, 0.05) is 11.6 Å². The Labute approximate surface area is 124 Å². The van der Waals surface area contributed by atoms with Gasteiger partial charge < -0.3 is 9.90 Å². The van der Waals surface area contributed by atoms with Crippen LogP contribution in [0.3, 0.4) is 0 Å². The van der Waals surface area contributed by atoms with Crippen molar-refractivity contribution in [2.24, 2.45) is 0 Å². The van der Waals surface area contributed by atoms with Crippen molar-refractivity contribution in [3.05, 3.63) is 23.8 Å². The summed E-state index contributed by atoms with van der Waals surface area (Å²) in [7, 11) is -4.12. The van der Waals surface area contributed by atoms with E-state index in [1.165, 1.54) is 12.1 Å². The van der Waals surface area contributed by atoms with Crippen LogP contribution in [0.1, 0.15) is 19.4 Å². The molecule has 0 radical (unpaired) electrons. The monoisotopic (exact) mass is 339 g/mol. The van der Waals surface area contributed by atoms with E-state index in [9.17, 15) is 21.6 Å². The fraction of sp³-hybridized carbons (Fsp3) is 0.333. The summed E-state index contributed by atoms with van der Waals surface area (Å²) in [5.41, 5.74) is 1.53. The maximum Gasteiger partial charge on any atom is 0.430 e. The predicted molar refractivity (Wildman–Crippen MR) is 67.0 cm³/mol. The molecule has 1 heterocycles. The number of benzene rings is 1. The van der Waals surface area contributed by atoms with Gasteiger partial charge in [-0.15, -0.1) is 0 Å². The number of carboxylic acid groups (broad SMARTS) is 1. The summed E-state index contributed by atoms with van der Waals surface area (Å²) >= 11 is 0. The van der Waals surface area contributed by atoms with Gasteiger partial charge in [0.15, 0.2) is 6.21 Å². The maximum absolute atomic E-state index is 11.0. The molecule has 0 saturated carbocycles. The Morgan fingerprint density at radius 3 is 2.23 bits per heavy atom. The lowest BCUT2D eigenvalue weighted by Gasteiger charge is -2.11. The molecule has 1 aliphatic rings. The second kappa shape index (κ2) is 5.69. The molecule has 0 aliphatic carbocycles. The van der Waals surface area contributed by atoms with Crippen LogP contribution in [0.25, 0.3) is 0 Å². The van der Waals surface area contributed by atoms with E-state index >= 15 is 0 Å². The van der Waals surface area contributed by atoms with E-state index in [4.69, 9.17) is 14.5 Å². The Bertz CT molecular complexity index is 723. The Balaban J connectivity index is 0.000000295. The lowest BCUT2D eigenvalue weighted by atomic mass is 9.87. The molecule has 122 valence electrons. The molecule has 0 atom stereocenters. The number of rotatable bonds is 1. The SMILES string of the molecule is CC1(C)C=[NH+]c2ccc(S(=O)(=O)O)cc21.O=C([O-])C(F)(F)F. The van der Waals surface area contributed by atoms with Crippen molar-refractivity contribution in [3.63, 3.8) is 0 Å². The largest absolute Gasteiger partial charge is 0.542 e. The molecule has 2 N–H and O–H groups in total. The number of carbonyl (C=O) groups excluding carboxylic acids is 1. The van der Waals surface area contributed by atoms with Crippen molar-refractivity contribution in [3.8, 4) is 0 Å². The topological polar surface area (TPSA) is 108 Å². The summed E-state index contributed by atoms with van der Waals surface area (Å²) in [5.74, 6) is -3.01. The zero-order chi connectivity index (χ0) is 17.3. The molecule has 6 nitrogen and oxygen atoms in total. The van der Waals surface area contributed by atoms with E-state index in [2.05, 4.69) is 4.99 Å². The highest BCUT2D eigenvalue weighted by Gasteiger charge is 2.33. The first-order chi connectivity index (χ1) is 9.75. The van der Waals surface area contributed by atoms with Crippen LogP contribution in [0.5, 0.6) is 0 Å². The second-order valence-electron chi connectivity index (χ2n) is 4.98. The van der Waals surface area contributed by atoms with Crippen molar-refractivity contribution >= 4 is 28.0 Å². The average Bonchev–Trinajstić information content (AvgIpc) is 2.64. The van der Waals surface area contributed by atoms with Gasteiger partial charge in [-0.3, -0.25) is 4.55 Å². The van der Waals surface area contributed by atoms with E-state index in [1.807, 2.05) is 20.1 Å². The van der Waals surface area contributed by atoms with Gasteiger partial charge in [0.25, 0.3) is 10.1 Å². The van der Waals surface area contributed by atoms with Crippen molar-refractivity contribution in [2.45, 2.75) is 30.3 Å². The third kappa shape index (κ3) is 4.28. The van der Waals surface area contributed by atoms with Gasteiger partial charge in [0.05, 0.1) is 10.3 Å². The first kappa shape index (κ1) is 18.1. The van der Waals surface area contributed by atoms with E-state index in [0.717, 1.165) is 11.3 Å². The number of hydrogen-bond acceptors (Lipinski definition) is 4. The van der Waals surface area contributed by atoms with E-state index in [1.54, 1.807) is 6.07 Å². The molecular weight excluding hydrogens is 327 g/mol. The van der Waals surface area contributed by atoms with Gasteiger partial charge >= 0.3 is 6.18 Å². The van der Waals surface area contributed by atoms with E-state index in [-0.39, 0.29) is 10.3 Å². The molecule has 0 bridgehead atoms. The smallest absolute Gasteiger partial charge is 0.430 e. The minimum Gasteiger partial charge on any atom is -0.542 e. The molecular formula is C12H12F3NO5S. The molecule has 2 rings (SSSR count). The first-order valence-corrected chi connectivity index (χ1v) is 7.20. The van der Waals surface area contributed by atoms with Crippen LogP contribution >= 0.6 is 0 Å². The number of aliphatic carboxylic acids is 1. The zero-order valence-electron chi connectivity index (χ0n) is 11.4. The van der Waals surface area contributed by atoms with Crippen LogP contribution in [-0.2, 0) is 20.3 Å².